The molecule has 0 fully saturated rings. The van der Waals surface area contributed by atoms with E-state index in [0.717, 1.165) is 35.0 Å². The van der Waals surface area contributed by atoms with E-state index in [-0.39, 0.29) is 0 Å². The second-order valence-corrected chi connectivity index (χ2v) is 5.53. The molecule has 94 valence electrons. The van der Waals surface area contributed by atoms with Crippen molar-refractivity contribution in [3.05, 3.63) is 39.3 Å². The monoisotopic (exact) mass is 282 g/mol. The molecule has 4 nitrogen and oxygen atoms in total. The van der Waals surface area contributed by atoms with E-state index in [1.165, 1.54) is 11.3 Å². The number of fused-ring (bicyclic) bond motifs is 1. The zero-order chi connectivity index (χ0) is 12.4. The van der Waals surface area contributed by atoms with Crippen LogP contribution in [0.15, 0.2) is 24.4 Å². The van der Waals surface area contributed by atoms with Gasteiger partial charge in [0.05, 0.1) is 0 Å². The number of thiazole rings is 1. The molecule has 0 amide bonds. The Bertz CT molecular complexity index is 559. The van der Waals surface area contributed by atoms with Gasteiger partial charge < -0.3 is 14.8 Å². The maximum absolute atomic E-state index is 5.78. The Labute approximate surface area is 114 Å². The minimum atomic E-state index is 0.302. The number of ether oxygens (including phenoxy) is 2. The summed E-state index contributed by atoms with van der Waals surface area (Å²) in [7, 11) is 0. The molecule has 3 rings (SSSR count). The third-order valence-corrected chi connectivity index (χ3v) is 3.73. The molecule has 0 unspecified atom stereocenters. The summed E-state index contributed by atoms with van der Waals surface area (Å²) < 4.78 is 11.3. The van der Waals surface area contributed by atoms with Crippen molar-refractivity contribution >= 4 is 22.9 Å². The summed E-state index contributed by atoms with van der Waals surface area (Å²) in [5.41, 5.74) is 1.10. The normalized spacial score (nSPS) is 12.9. The topological polar surface area (TPSA) is 43.4 Å². The predicted molar refractivity (Wildman–Crippen MR) is 70.2 cm³/mol. The highest BCUT2D eigenvalue weighted by Crippen LogP contribution is 2.35. The van der Waals surface area contributed by atoms with Gasteiger partial charge >= 0.3 is 0 Å². The van der Waals surface area contributed by atoms with Crippen molar-refractivity contribution in [2.75, 3.05) is 6.79 Å². The molecule has 1 aromatic heterocycles. The van der Waals surface area contributed by atoms with Crippen LogP contribution in [-0.4, -0.2) is 11.8 Å². The van der Waals surface area contributed by atoms with Crippen LogP contribution >= 0.6 is 22.9 Å². The molecule has 1 aliphatic heterocycles. The van der Waals surface area contributed by atoms with E-state index >= 15 is 0 Å². The maximum Gasteiger partial charge on any atom is 0.231 e. The summed E-state index contributed by atoms with van der Waals surface area (Å²) in [5.74, 6) is 1.66. The quantitative estimate of drug-likeness (QED) is 0.936. The van der Waals surface area contributed by atoms with Crippen LogP contribution in [0.2, 0.25) is 4.47 Å². The van der Waals surface area contributed by atoms with Crippen molar-refractivity contribution in [2.45, 2.75) is 13.1 Å². The minimum absolute atomic E-state index is 0.302. The highest BCUT2D eigenvalue weighted by atomic mass is 35.5. The van der Waals surface area contributed by atoms with Crippen LogP contribution < -0.4 is 14.8 Å². The molecule has 2 aromatic rings. The first-order valence-corrected chi connectivity index (χ1v) is 6.71. The van der Waals surface area contributed by atoms with Crippen LogP contribution in [0, 0.1) is 0 Å². The summed E-state index contributed by atoms with van der Waals surface area (Å²) in [4.78, 5) is 5.11. The minimum Gasteiger partial charge on any atom is -0.454 e. The number of aromatic nitrogens is 1. The number of hydrogen-bond donors (Lipinski definition) is 1. The molecule has 1 N–H and O–H groups in total. The number of nitrogens with zero attached hydrogens (tertiary/aromatic N) is 1. The van der Waals surface area contributed by atoms with Crippen molar-refractivity contribution in [2.24, 2.45) is 0 Å². The average Bonchev–Trinajstić information content (AvgIpc) is 2.98. The van der Waals surface area contributed by atoms with E-state index in [0.29, 0.717) is 11.3 Å². The number of hydrogen-bond acceptors (Lipinski definition) is 5. The molecular formula is C12H11ClN2O2S. The van der Waals surface area contributed by atoms with E-state index < -0.39 is 0 Å². The van der Waals surface area contributed by atoms with Crippen molar-refractivity contribution in [1.82, 2.24) is 10.3 Å². The number of halogens is 1. The van der Waals surface area contributed by atoms with Gasteiger partial charge in [-0.05, 0) is 6.07 Å². The van der Waals surface area contributed by atoms with Crippen molar-refractivity contribution in [1.29, 1.82) is 0 Å². The largest absolute Gasteiger partial charge is 0.454 e. The molecule has 6 heteroatoms. The highest BCUT2D eigenvalue weighted by molar-refractivity contribution is 7.15. The molecule has 0 radical (unpaired) electrons. The van der Waals surface area contributed by atoms with E-state index in [1.807, 2.05) is 18.2 Å². The van der Waals surface area contributed by atoms with Crippen molar-refractivity contribution < 1.29 is 9.47 Å². The lowest BCUT2D eigenvalue weighted by Gasteiger charge is -2.06. The second kappa shape index (κ2) is 5.14. The molecule has 2 heterocycles. The Hall–Kier alpha value is -1.30. The fourth-order valence-electron chi connectivity index (χ4n) is 1.82. The molecule has 0 aliphatic carbocycles. The summed E-state index contributed by atoms with van der Waals surface area (Å²) in [6.07, 6.45) is 1.79. The molecular weight excluding hydrogens is 272 g/mol. The first-order chi connectivity index (χ1) is 8.83. The molecule has 18 heavy (non-hydrogen) atoms. The van der Waals surface area contributed by atoms with Crippen LogP contribution in [-0.2, 0) is 13.1 Å². The Kier molecular flexibility index (Phi) is 3.36. The van der Waals surface area contributed by atoms with Gasteiger partial charge in [-0.1, -0.05) is 23.7 Å². The third kappa shape index (κ3) is 2.43. The van der Waals surface area contributed by atoms with Crippen LogP contribution in [0.3, 0.4) is 0 Å². The molecule has 0 saturated heterocycles. The van der Waals surface area contributed by atoms with Gasteiger partial charge in [0, 0.05) is 29.7 Å². The summed E-state index contributed by atoms with van der Waals surface area (Å²) >= 11 is 7.26. The predicted octanol–water partition coefficient (Wildman–Crippen LogP) is 2.82. The molecule has 0 bridgehead atoms. The first kappa shape index (κ1) is 11.8. The Morgan fingerprint density at radius 3 is 3.11 bits per heavy atom. The maximum atomic E-state index is 5.78. The number of para-hydroxylation sites is 1. The molecule has 0 spiro atoms. The molecule has 0 atom stereocenters. The van der Waals surface area contributed by atoms with Crippen LogP contribution in [0.25, 0.3) is 0 Å². The van der Waals surface area contributed by atoms with Crippen molar-refractivity contribution in [3.63, 3.8) is 0 Å². The van der Waals surface area contributed by atoms with Crippen LogP contribution in [0.1, 0.15) is 10.4 Å². The van der Waals surface area contributed by atoms with E-state index in [1.54, 1.807) is 6.20 Å². The van der Waals surface area contributed by atoms with Gasteiger partial charge in [0.1, 0.15) is 0 Å². The zero-order valence-corrected chi connectivity index (χ0v) is 11.1. The van der Waals surface area contributed by atoms with Gasteiger partial charge in [-0.2, -0.15) is 0 Å². The third-order valence-electron chi connectivity index (χ3n) is 2.62. The van der Waals surface area contributed by atoms with Crippen molar-refractivity contribution in [3.8, 4) is 11.5 Å². The standard InChI is InChI=1S/C12H11ClN2O2S/c13-12-15-6-9(18-12)5-14-4-8-2-1-3-10-11(8)17-7-16-10/h1-3,6,14H,4-5,7H2. The van der Waals surface area contributed by atoms with E-state index in [4.69, 9.17) is 21.1 Å². The second-order valence-electron chi connectivity index (χ2n) is 3.83. The molecule has 1 aliphatic rings. The zero-order valence-electron chi connectivity index (χ0n) is 9.48. The van der Waals surface area contributed by atoms with E-state index in [9.17, 15) is 0 Å². The Balaban J connectivity index is 1.62. The fraction of sp³-hybridized carbons (Fsp3) is 0.250. The van der Waals surface area contributed by atoms with Crippen LogP contribution in [0.5, 0.6) is 11.5 Å². The Morgan fingerprint density at radius 1 is 1.33 bits per heavy atom. The lowest BCUT2D eigenvalue weighted by atomic mass is 10.2. The molecule has 1 aromatic carbocycles. The average molecular weight is 283 g/mol. The smallest absolute Gasteiger partial charge is 0.231 e. The summed E-state index contributed by atoms with van der Waals surface area (Å²) in [5, 5.41) is 3.34. The van der Waals surface area contributed by atoms with Gasteiger partial charge in [0.2, 0.25) is 6.79 Å². The van der Waals surface area contributed by atoms with E-state index in [2.05, 4.69) is 10.3 Å². The number of rotatable bonds is 4. The Morgan fingerprint density at radius 2 is 2.28 bits per heavy atom. The van der Waals surface area contributed by atoms with Gasteiger partial charge in [0.25, 0.3) is 0 Å². The first-order valence-electron chi connectivity index (χ1n) is 5.51. The van der Waals surface area contributed by atoms with Gasteiger partial charge in [-0.15, -0.1) is 11.3 Å². The number of benzene rings is 1. The summed E-state index contributed by atoms with van der Waals surface area (Å²) in [6, 6.07) is 5.91. The number of nitrogens with one attached hydrogen (secondary N) is 1. The lowest BCUT2D eigenvalue weighted by Crippen LogP contribution is -2.12. The SMILES string of the molecule is Clc1ncc(CNCc2cccc3c2OCO3)s1. The van der Waals surface area contributed by atoms with Gasteiger partial charge in [-0.3, -0.25) is 0 Å². The highest BCUT2D eigenvalue weighted by Gasteiger charge is 2.16. The van der Waals surface area contributed by atoms with Gasteiger partial charge in [-0.25, -0.2) is 4.98 Å². The summed E-state index contributed by atoms with van der Waals surface area (Å²) in [6.45, 7) is 1.77. The lowest BCUT2D eigenvalue weighted by molar-refractivity contribution is 0.173. The van der Waals surface area contributed by atoms with Gasteiger partial charge in [0.15, 0.2) is 16.0 Å². The van der Waals surface area contributed by atoms with Crippen LogP contribution in [0.4, 0.5) is 0 Å². The fourth-order valence-corrected chi connectivity index (χ4v) is 2.76. The molecule has 0 saturated carbocycles.